The van der Waals surface area contributed by atoms with Crippen LogP contribution < -0.4 is 0 Å². The van der Waals surface area contributed by atoms with Crippen molar-refractivity contribution in [2.24, 2.45) is 0 Å². The van der Waals surface area contributed by atoms with Gasteiger partial charge in [-0.1, -0.05) is 18.2 Å². The summed E-state index contributed by atoms with van der Waals surface area (Å²) < 4.78 is 25.7. The lowest BCUT2D eigenvalue weighted by atomic mass is 9.88. The fourth-order valence-corrected chi connectivity index (χ4v) is 5.01. The summed E-state index contributed by atoms with van der Waals surface area (Å²) in [6.07, 6.45) is -0.363. The third-order valence-corrected chi connectivity index (χ3v) is 5.88. The quantitative estimate of drug-likeness (QED) is 0.620. The molecule has 1 aromatic rings. The Bertz CT molecular complexity index is 801. The molecule has 1 atom stereocenters. The lowest BCUT2D eigenvalue weighted by Gasteiger charge is -2.30. The second-order valence-corrected chi connectivity index (χ2v) is 6.83. The summed E-state index contributed by atoms with van der Waals surface area (Å²) in [5, 5.41) is 0. The maximum Gasteiger partial charge on any atom is 0.268 e. The Balaban J connectivity index is 2.41. The van der Waals surface area contributed by atoms with Gasteiger partial charge >= 0.3 is 0 Å². The lowest BCUT2D eigenvalue weighted by Crippen LogP contribution is -2.51. The van der Waals surface area contributed by atoms with Gasteiger partial charge in [-0.3, -0.25) is 19.3 Å². The number of carbonyl (C=O) groups is 3. The van der Waals surface area contributed by atoms with Gasteiger partial charge in [-0.25, -0.2) is 12.7 Å². The van der Waals surface area contributed by atoms with Crippen LogP contribution in [0.15, 0.2) is 29.2 Å². The number of benzene rings is 1. The van der Waals surface area contributed by atoms with Crippen LogP contribution in [-0.4, -0.2) is 42.4 Å². The van der Waals surface area contributed by atoms with Crippen molar-refractivity contribution < 1.29 is 22.8 Å². The van der Waals surface area contributed by atoms with E-state index in [9.17, 15) is 22.8 Å². The zero-order valence-electron chi connectivity index (χ0n) is 11.4. The number of imide groups is 1. The highest BCUT2D eigenvalue weighted by atomic mass is 32.2. The molecule has 0 bridgehead atoms. The van der Waals surface area contributed by atoms with Crippen LogP contribution in [-0.2, 0) is 29.9 Å². The van der Waals surface area contributed by atoms with Crippen LogP contribution >= 0.6 is 0 Å². The van der Waals surface area contributed by atoms with Crippen molar-refractivity contribution in [3.05, 3.63) is 29.8 Å². The lowest BCUT2D eigenvalue weighted by molar-refractivity contribution is -0.143. The molecule has 0 saturated carbocycles. The number of sulfonamides is 1. The fourth-order valence-electron chi connectivity index (χ4n) is 3.06. The maximum atomic E-state index is 12.6. The van der Waals surface area contributed by atoms with Crippen molar-refractivity contribution in [2.75, 3.05) is 7.05 Å². The summed E-state index contributed by atoms with van der Waals surface area (Å²) >= 11 is 0. The van der Waals surface area contributed by atoms with Crippen molar-refractivity contribution in [1.82, 2.24) is 9.21 Å². The van der Waals surface area contributed by atoms with Crippen molar-refractivity contribution in [3.63, 3.8) is 0 Å². The van der Waals surface area contributed by atoms with Gasteiger partial charge < -0.3 is 0 Å². The van der Waals surface area contributed by atoms with Gasteiger partial charge in [0.1, 0.15) is 0 Å². The van der Waals surface area contributed by atoms with E-state index in [1.807, 2.05) is 0 Å². The van der Waals surface area contributed by atoms with E-state index < -0.39 is 33.3 Å². The molecule has 1 spiro atoms. The molecule has 0 radical (unpaired) electrons. The van der Waals surface area contributed by atoms with E-state index in [-0.39, 0.29) is 16.9 Å². The SMILES string of the molecule is CC(=O)N1C2(CC(=O)N(C)C2=O)c2ccccc2S1(=O)=O. The van der Waals surface area contributed by atoms with Gasteiger partial charge in [0.15, 0.2) is 5.54 Å². The van der Waals surface area contributed by atoms with Crippen LogP contribution in [0.2, 0.25) is 0 Å². The minimum atomic E-state index is -4.13. The van der Waals surface area contributed by atoms with Crippen LogP contribution in [0.25, 0.3) is 0 Å². The predicted octanol–water partition coefficient (Wildman–Crippen LogP) is -0.179. The second-order valence-electron chi connectivity index (χ2n) is 5.08. The van der Waals surface area contributed by atoms with E-state index in [0.29, 0.717) is 4.31 Å². The van der Waals surface area contributed by atoms with E-state index in [0.717, 1.165) is 11.8 Å². The van der Waals surface area contributed by atoms with Crippen LogP contribution in [0.1, 0.15) is 18.9 Å². The normalized spacial score (nSPS) is 26.6. The monoisotopic (exact) mass is 308 g/mol. The summed E-state index contributed by atoms with van der Waals surface area (Å²) in [5.41, 5.74) is -1.59. The number of fused-ring (bicyclic) bond motifs is 2. The number of likely N-dealkylation sites (tertiary alicyclic amines) is 1. The Kier molecular flexibility index (Phi) is 2.56. The molecule has 1 unspecified atom stereocenters. The van der Waals surface area contributed by atoms with Crippen LogP contribution in [0.3, 0.4) is 0 Å². The molecule has 0 aliphatic carbocycles. The summed E-state index contributed by atoms with van der Waals surface area (Å²) in [6.45, 7) is 1.07. The number of hydrogen-bond donors (Lipinski definition) is 0. The second kappa shape index (κ2) is 3.91. The molecule has 2 aliphatic heterocycles. The Morgan fingerprint density at radius 3 is 2.38 bits per heavy atom. The van der Waals surface area contributed by atoms with E-state index in [4.69, 9.17) is 0 Å². The predicted molar refractivity (Wildman–Crippen MR) is 70.2 cm³/mol. The van der Waals surface area contributed by atoms with Gasteiger partial charge in [-0.2, -0.15) is 0 Å². The van der Waals surface area contributed by atoms with Gasteiger partial charge in [0.2, 0.25) is 11.8 Å². The van der Waals surface area contributed by atoms with E-state index in [1.54, 1.807) is 6.07 Å². The van der Waals surface area contributed by atoms with Gasteiger partial charge in [0.05, 0.1) is 11.3 Å². The van der Waals surface area contributed by atoms with Crippen molar-refractivity contribution in [3.8, 4) is 0 Å². The molecule has 3 rings (SSSR count). The Hall–Kier alpha value is -2.22. The molecule has 2 aliphatic rings. The number of rotatable bonds is 0. The Morgan fingerprint density at radius 2 is 1.86 bits per heavy atom. The smallest absolute Gasteiger partial charge is 0.268 e. The first-order valence-electron chi connectivity index (χ1n) is 6.21. The first kappa shape index (κ1) is 13.7. The highest BCUT2D eigenvalue weighted by Gasteiger charge is 2.65. The number of amides is 3. The Morgan fingerprint density at radius 1 is 1.24 bits per heavy atom. The van der Waals surface area contributed by atoms with E-state index >= 15 is 0 Å². The van der Waals surface area contributed by atoms with Crippen LogP contribution in [0.4, 0.5) is 0 Å². The first-order chi connectivity index (χ1) is 9.74. The minimum absolute atomic E-state index is 0.100. The van der Waals surface area contributed by atoms with Gasteiger partial charge in [-0.05, 0) is 6.07 Å². The Labute approximate surface area is 121 Å². The fraction of sp³-hybridized carbons (Fsp3) is 0.308. The topological polar surface area (TPSA) is 91.8 Å². The van der Waals surface area contributed by atoms with Crippen LogP contribution in [0, 0.1) is 0 Å². The standard InChI is InChI=1S/C13H12N2O5S/c1-8(16)15-13(7-11(17)14(2)12(13)18)9-5-3-4-6-10(9)21(15,19)20/h3-6H,7H2,1-2H3. The zero-order chi connectivity index (χ0) is 15.6. The maximum absolute atomic E-state index is 12.6. The molecule has 1 aromatic carbocycles. The molecule has 1 fully saturated rings. The molecular weight excluding hydrogens is 296 g/mol. The summed E-state index contributed by atoms with van der Waals surface area (Å²) in [7, 11) is -2.85. The number of nitrogens with zero attached hydrogens (tertiary/aromatic N) is 2. The van der Waals surface area contributed by atoms with E-state index in [1.165, 1.54) is 25.2 Å². The third-order valence-electron chi connectivity index (χ3n) is 3.92. The number of carbonyl (C=O) groups excluding carboxylic acids is 3. The third kappa shape index (κ3) is 1.42. The summed E-state index contributed by atoms with van der Waals surface area (Å²) in [5.74, 6) is -2.00. The number of hydrogen-bond acceptors (Lipinski definition) is 5. The molecule has 2 heterocycles. The van der Waals surface area contributed by atoms with Crippen LogP contribution in [0.5, 0.6) is 0 Å². The van der Waals surface area contributed by atoms with Crippen molar-refractivity contribution in [2.45, 2.75) is 23.8 Å². The van der Waals surface area contributed by atoms with E-state index in [2.05, 4.69) is 0 Å². The molecule has 110 valence electrons. The number of likely N-dealkylation sites (N-methyl/N-ethyl adjacent to an activating group) is 1. The minimum Gasteiger partial charge on any atom is -0.283 e. The average molecular weight is 308 g/mol. The molecule has 8 heteroatoms. The van der Waals surface area contributed by atoms with Crippen molar-refractivity contribution in [1.29, 1.82) is 0 Å². The average Bonchev–Trinajstić information content (AvgIpc) is 2.75. The van der Waals surface area contributed by atoms with Gasteiger partial charge in [0, 0.05) is 19.5 Å². The first-order valence-corrected chi connectivity index (χ1v) is 7.65. The zero-order valence-corrected chi connectivity index (χ0v) is 12.2. The molecule has 1 saturated heterocycles. The molecule has 3 amide bonds. The molecule has 7 nitrogen and oxygen atoms in total. The van der Waals surface area contributed by atoms with Gasteiger partial charge in [-0.15, -0.1) is 0 Å². The van der Waals surface area contributed by atoms with Gasteiger partial charge in [0.25, 0.3) is 15.9 Å². The molecular formula is C13H12N2O5S. The molecule has 0 N–H and O–H groups in total. The summed E-state index contributed by atoms with van der Waals surface area (Å²) in [6, 6.07) is 5.90. The highest BCUT2D eigenvalue weighted by molar-refractivity contribution is 7.90. The largest absolute Gasteiger partial charge is 0.283 e. The van der Waals surface area contributed by atoms with Crippen molar-refractivity contribution >= 4 is 27.7 Å². The highest BCUT2D eigenvalue weighted by Crippen LogP contribution is 2.50. The molecule has 21 heavy (non-hydrogen) atoms. The summed E-state index contributed by atoms with van der Waals surface area (Å²) in [4.78, 5) is 37.1. The molecule has 0 aromatic heterocycles.